The molecule has 0 aromatic heterocycles. The lowest BCUT2D eigenvalue weighted by atomic mass is 10.0. The zero-order valence-electron chi connectivity index (χ0n) is 16.6. The first-order chi connectivity index (χ1) is 12.8. The maximum Gasteiger partial charge on any atom is 0.240 e. The molecule has 3 rings (SSSR count). The minimum Gasteiger partial charge on any atom is -0.335 e. The van der Waals surface area contributed by atoms with Gasteiger partial charge in [0.2, 0.25) is 11.8 Å². The molecule has 1 saturated carbocycles. The number of rotatable bonds is 6. The normalized spacial score (nSPS) is 14.7. The molecule has 0 atom stereocenters. The molecule has 1 N–H and O–H groups in total. The van der Waals surface area contributed by atoms with Crippen LogP contribution in [0.4, 0.5) is 5.69 Å². The molecule has 4 heteroatoms. The Kier molecular flexibility index (Phi) is 5.36. The molecular formula is C23H28N2O2. The van der Waals surface area contributed by atoms with Gasteiger partial charge in [-0.2, -0.15) is 0 Å². The molecule has 0 spiro atoms. The van der Waals surface area contributed by atoms with E-state index in [9.17, 15) is 9.59 Å². The molecule has 2 aromatic carbocycles. The SMILES string of the molecule is Cc1ccc(NC(=O)C2(C(=O)N(Cc3ccccc3)C(C)C)CC2)c(C)c1. The van der Waals surface area contributed by atoms with E-state index in [1.807, 2.05) is 81.1 Å². The summed E-state index contributed by atoms with van der Waals surface area (Å²) in [6.45, 7) is 8.52. The fourth-order valence-corrected chi connectivity index (χ4v) is 3.40. The number of aryl methyl sites for hydroxylation is 2. The van der Waals surface area contributed by atoms with E-state index < -0.39 is 5.41 Å². The van der Waals surface area contributed by atoms with Crippen molar-refractivity contribution >= 4 is 17.5 Å². The molecular weight excluding hydrogens is 336 g/mol. The van der Waals surface area contributed by atoms with Crippen molar-refractivity contribution in [2.45, 2.75) is 53.1 Å². The Bertz CT molecular complexity index is 839. The number of carbonyl (C=O) groups is 2. The number of amides is 2. The summed E-state index contributed by atoms with van der Waals surface area (Å²) in [4.78, 5) is 28.1. The van der Waals surface area contributed by atoms with Crippen LogP contribution in [-0.4, -0.2) is 22.8 Å². The standard InChI is InChI=1S/C23H28N2O2/c1-16(2)25(15-19-8-6-5-7-9-19)22(27)23(12-13-23)21(26)24-20-11-10-17(3)14-18(20)4/h5-11,14,16H,12-13,15H2,1-4H3,(H,24,26). The van der Waals surface area contributed by atoms with E-state index >= 15 is 0 Å². The topological polar surface area (TPSA) is 49.4 Å². The highest BCUT2D eigenvalue weighted by Gasteiger charge is 2.58. The van der Waals surface area contributed by atoms with Crippen LogP contribution < -0.4 is 5.32 Å². The summed E-state index contributed by atoms with van der Waals surface area (Å²) in [5, 5.41) is 2.99. The summed E-state index contributed by atoms with van der Waals surface area (Å²) < 4.78 is 0. The minimum absolute atomic E-state index is 0.0316. The Morgan fingerprint density at radius 3 is 2.30 bits per heavy atom. The zero-order chi connectivity index (χ0) is 19.6. The highest BCUT2D eigenvalue weighted by atomic mass is 16.2. The van der Waals surface area contributed by atoms with Gasteiger partial charge < -0.3 is 10.2 Å². The van der Waals surface area contributed by atoms with E-state index in [4.69, 9.17) is 0 Å². The molecule has 142 valence electrons. The van der Waals surface area contributed by atoms with Crippen molar-refractivity contribution < 1.29 is 9.59 Å². The minimum atomic E-state index is -0.920. The summed E-state index contributed by atoms with van der Waals surface area (Å²) in [6.07, 6.45) is 1.22. The average molecular weight is 364 g/mol. The number of anilines is 1. The number of benzene rings is 2. The van der Waals surface area contributed by atoms with Crippen LogP contribution in [0.2, 0.25) is 0 Å². The maximum absolute atomic E-state index is 13.3. The molecule has 1 aliphatic carbocycles. The van der Waals surface area contributed by atoms with Crippen molar-refractivity contribution in [2.24, 2.45) is 5.41 Å². The van der Waals surface area contributed by atoms with Gasteiger partial charge in [0, 0.05) is 18.3 Å². The third-order valence-electron chi connectivity index (χ3n) is 5.30. The van der Waals surface area contributed by atoms with Crippen LogP contribution in [-0.2, 0) is 16.1 Å². The zero-order valence-corrected chi connectivity index (χ0v) is 16.6. The molecule has 0 heterocycles. The Hall–Kier alpha value is -2.62. The predicted octanol–water partition coefficient (Wildman–Crippen LogP) is 4.46. The molecule has 27 heavy (non-hydrogen) atoms. The number of carbonyl (C=O) groups excluding carboxylic acids is 2. The lowest BCUT2D eigenvalue weighted by Crippen LogP contribution is -2.45. The van der Waals surface area contributed by atoms with E-state index in [1.165, 1.54) is 0 Å². The summed E-state index contributed by atoms with van der Waals surface area (Å²) in [5.74, 6) is -0.248. The van der Waals surface area contributed by atoms with Crippen molar-refractivity contribution in [3.05, 3.63) is 65.2 Å². The van der Waals surface area contributed by atoms with E-state index in [0.717, 1.165) is 22.4 Å². The first kappa shape index (κ1) is 19.2. The van der Waals surface area contributed by atoms with Crippen LogP contribution >= 0.6 is 0 Å². The second-order valence-corrected chi connectivity index (χ2v) is 7.87. The molecule has 0 bridgehead atoms. The highest BCUT2D eigenvalue weighted by molar-refractivity contribution is 6.13. The van der Waals surface area contributed by atoms with Crippen molar-refractivity contribution in [3.63, 3.8) is 0 Å². The van der Waals surface area contributed by atoms with E-state index in [2.05, 4.69) is 5.32 Å². The van der Waals surface area contributed by atoms with Gasteiger partial charge in [0.15, 0.2) is 0 Å². The molecule has 1 fully saturated rings. The molecule has 1 aliphatic rings. The number of hydrogen-bond donors (Lipinski definition) is 1. The molecule has 4 nitrogen and oxygen atoms in total. The molecule has 2 aromatic rings. The molecule has 2 amide bonds. The number of nitrogens with one attached hydrogen (secondary N) is 1. The Morgan fingerprint density at radius 2 is 1.74 bits per heavy atom. The van der Waals surface area contributed by atoms with Gasteiger partial charge in [0.25, 0.3) is 0 Å². The van der Waals surface area contributed by atoms with Gasteiger partial charge in [-0.25, -0.2) is 0 Å². The summed E-state index contributed by atoms with van der Waals surface area (Å²) in [6, 6.07) is 15.9. The maximum atomic E-state index is 13.3. The highest BCUT2D eigenvalue weighted by Crippen LogP contribution is 2.48. The second-order valence-electron chi connectivity index (χ2n) is 7.87. The van der Waals surface area contributed by atoms with Gasteiger partial charge in [0.1, 0.15) is 5.41 Å². The average Bonchev–Trinajstić information content (AvgIpc) is 3.44. The quantitative estimate of drug-likeness (QED) is 0.770. The largest absolute Gasteiger partial charge is 0.335 e. The lowest BCUT2D eigenvalue weighted by molar-refractivity contribution is -0.144. The van der Waals surface area contributed by atoms with Crippen LogP contribution in [0, 0.1) is 19.3 Å². The second kappa shape index (κ2) is 7.55. The van der Waals surface area contributed by atoms with Crippen molar-refractivity contribution in [2.75, 3.05) is 5.32 Å². The van der Waals surface area contributed by atoms with Gasteiger partial charge in [-0.1, -0.05) is 48.0 Å². The van der Waals surface area contributed by atoms with Gasteiger partial charge in [-0.3, -0.25) is 9.59 Å². The smallest absolute Gasteiger partial charge is 0.240 e. The first-order valence-corrected chi connectivity index (χ1v) is 9.57. The lowest BCUT2D eigenvalue weighted by Gasteiger charge is -2.30. The van der Waals surface area contributed by atoms with Gasteiger partial charge >= 0.3 is 0 Å². The monoisotopic (exact) mass is 364 g/mol. The fourth-order valence-electron chi connectivity index (χ4n) is 3.40. The van der Waals surface area contributed by atoms with Crippen molar-refractivity contribution in [1.82, 2.24) is 4.90 Å². The van der Waals surface area contributed by atoms with E-state index in [0.29, 0.717) is 19.4 Å². The van der Waals surface area contributed by atoms with Crippen LogP contribution in [0.5, 0.6) is 0 Å². The van der Waals surface area contributed by atoms with Crippen LogP contribution in [0.1, 0.15) is 43.4 Å². The third-order valence-corrected chi connectivity index (χ3v) is 5.30. The summed E-state index contributed by atoms with van der Waals surface area (Å²) in [7, 11) is 0. The van der Waals surface area contributed by atoms with E-state index in [-0.39, 0.29) is 17.9 Å². The molecule has 0 aliphatic heterocycles. The fraction of sp³-hybridized carbons (Fsp3) is 0.391. The third kappa shape index (κ3) is 4.05. The summed E-state index contributed by atoms with van der Waals surface area (Å²) >= 11 is 0. The van der Waals surface area contributed by atoms with Gasteiger partial charge in [-0.05, 0) is 57.7 Å². The Balaban J connectivity index is 1.78. The van der Waals surface area contributed by atoms with Crippen molar-refractivity contribution in [1.29, 1.82) is 0 Å². The molecule has 0 saturated heterocycles. The van der Waals surface area contributed by atoms with Gasteiger partial charge in [0.05, 0.1) is 0 Å². The Morgan fingerprint density at radius 1 is 1.07 bits per heavy atom. The molecule has 0 unspecified atom stereocenters. The van der Waals surface area contributed by atoms with Crippen LogP contribution in [0.3, 0.4) is 0 Å². The van der Waals surface area contributed by atoms with Gasteiger partial charge in [-0.15, -0.1) is 0 Å². The summed E-state index contributed by atoms with van der Waals surface area (Å²) in [5.41, 5.74) is 3.10. The predicted molar refractivity (Wildman–Crippen MR) is 108 cm³/mol. The van der Waals surface area contributed by atoms with Crippen LogP contribution in [0.15, 0.2) is 48.5 Å². The molecule has 0 radical (unpaired) electrons. The number of hydrogen-bond acceptors (Lipinski definition) is 2. The van der Waals surface area contributed by atoms with Crippen molar-refractivity contribution in [3.8, 4) is 0 Å². The number of nitrogens with zero attached hydrogens (tertiary/aromatic N) is 1. The van der Waals surface area contributed by atoms with Crippen LogP contribution in [0.25, 0.3) is 0 Å². The Labute approximate surface area is 161 Å². The first-order valence-electron chi connectivity index (χ1n) is 9.57. The van der Waals surface area contributed by atoms with E-state index in [1.54, 1.807) is 0 Å².